The molecule has 69 heavy (non-hydrogen) atoms. The number of hydrogen-bond donors (Lipinski definition) is 0. The fraction of sp³-hybridized carbons (Fsp3) is 0.0606. The quantitative estimate of drug-likeness (QED) is 0.175. The topological polar surface area (TPSA) is 12.5 Å². The molecule has 12 aromatic rings. The lowest BCUT2D eigenvalue weighted by atomic mass is 9.65. The molecule has 11 aromatic carbocycles. The molecule has 0 atom stereocenters. The summed E-state index contributed by atoms with van der Waals surface area (Å²) in [6.07, 6.45) is 0. The molecule has 0 fully saturated rings. The first-order chi connectivity index (χ1) is 34.0. The van der Waals surface area contributed by atoms with Crippen molar-refractivity contribution in [2.75, 3.05) is 4.90 Å². The molecule has 0 saturated heterocycles. The second-order valence-electron chi connectivity index (χ2n) is 19.5. The van der Waals surface area contributed by atoms with Crippen LogP contribution in [-0.2, 0) is 10.8 Å². The number of nitrogens with zero attached hydrogens (tertiary/aromatic N) is 1. The van der Waals surface area contributed by atoms with Gasteiger partial charge in [-0.25, -0.2) is 0 Å². The molecule has 0 N–H and O–H groups in total. The van der Waals surface area contributed by atoms with Gasteiger partial charge in [0.1, 0.15) is 11.5 Å². The van der Waals surface area contributed by atoms with Gasteiger partial charge in [-0.1, -0.05) is 196 Å². The van der Waals surface area contributed by atoms with Gasteiger partial charge in [0.05, 0.1) is 11.1 Å². The van der Waals surface area contributed by atoms with Crippen molar-refractivity contribution >= 4 is 70.1 Å². The van der Waals surface area contributed by atoms with Crippen molar-refractivity contribution in [1.82, 2.24) is 0 Å². The molecule has 324 valence electrons. The van der Waals surface area contributed by atoms with Crippen molar-refractivity contribution in [1.29, 1.82) is 0 Å². The minimum Gasteiger partial charge on any atom is -0.455 e. The number of para-hydroxylation sites is 1. The molecule has 15 rings (SSSR count). The summed E-state index contributed by atoms with van der Waals surface area (Å²) in [5.41, 5.74) is 17.7. The van der Waals surface area contributed by atoms with E-state index in [0.29, 0.717) is 0 Å². The third-order valence-electron chi connectivity index (χ3n) is 15.7. The smallest absolute Gasteiger partial charge is 0.140 e. The number of ether oxygens (including phenoxy) is 1. The molecular formula is C66H43NOS. The monoisotopic (exact) mass is 897 g/mol. The van der Waals surface area contributed by atoms with Gasteiger partial charge in [0.15, 0.2) is 0 Å². The Bertz CT molecular complexity index is 4090. The van der Waals surface area contributed by atoms with Crippen LogP contribution >= 0.6 is 11.3 Å². The zero-order valence-corrected chi connectivity index (χ0v) is 38.9. The number of fused-ring (bicyclic) bond motifs is 19. The first kappa shape index (κ1) is 38.8. The minimum absolute atomic E-state index is 0.154. The molecular weight excluding hydrogens is 855 g/mol. The molecule has 0 unspecified atom stereocenters. The molecule has 0 saturated carbocycles. The highest BCUT2D eigenvalue weighted by atomic mass is 32.1. The largest absolute Gasteiger partial charge is 0.455 e. The fourth-order valence-corrected chi connectivity index (χ4v) is 13.7. The lowest BCUT2D eigenvalue weighted by Crippen LogP contribution is -2.32. The van der Waals surface area contributed by atoms with Gasteiger partial charge in [0, 0.05) is 64.4 Å². The van der Waals surface area contributed by atoms with E-state index >= 15 is 0 Å². The Labute approximate surface area is 405 Å². The Morgan fingerprint density at radius 1 is 0.362 bits per heavy atom. The van der Waals surface area contributed by atoms with Gasteiger partial charge in [0.2, 0.25) is 0 Å². The first-order valence-corrected chi connectivity index (χ1v) is 24.8. The van der Waals surface area contributed by atoms with Crippen LogP contribution in [0, 0.1) is 0 Å². The van der Waals surface area contributed by atoms with E-state index in [2.05, 4.69) is 243 Å². The lowest BCUT2D eigenvalue weighted by molar-refractivity contribution is 0.447. The standard InChI is InChI=1S/C66H43NOS/c1-65(2)54-23-11-7-20-48(54)50-33-30-43(38-58(50)65)67(44-31-34-53-52-22-10-14-26-61(52)69-62(53)39-44)60-25-13-9-17-45(60)42-27-32-51-49-21-8-12-24-55(49)66(59(51)37-42)56-35-28-40-15-3-5-18-46(40)63(56)68-64-47-19-6-4-16-41(47)29-36-57(64)66/h3-39H,1-2H3. The van der Waals surface area contributed by atoms with E-state index in [1.807, 2.05) is 11.3 Å². The maximum atomic E-state index is 7.30. The van der Waals surface area contributed by atoms with Crippen LogP contribution in [0.5, 0.6) is 11.5 Å². The average molecular weight is 898 g/mol. The van der Waals surface area contributed by atoms with Gasteiger partial charge in [0.25, 0.3) is 0 Å². The summed E-state index contributed by atoms with van der Waals surface area (Å²) >= 11 is 1.87. The van der Waals surface area contributed by atoms with Crippen molar-refractivity contribution in [3.05, 3.63) is 258 Å². The Balaban J connectivity index is 0.988. The molecule has 1 aromatic heterocycles. The van der Waals surface area contributed by atoms with Crippen LogP contribution in [0.2, 0.25) is 0 Å². The Hall–Kier alpha value is -8.24. The number of anilines is 3. The van der Waals surface area contributed by atoms with Crippen molar-refractivity contribution < 1.29 is 4.74 Å². The summed E-state index contributed by atoms with van der Waals surface area (Å²) in [6.45, 7) is 4.75. The van der Waals surface area contributed by atoms with E-state index < -0.39 is 5.41 Å². The summed E-state index contributed by atoms with van der Waals surface area (Å²) in [5, 5.41) is 7.16. The lowest BCUT2D eigenvalue weighted by Gasteiger charge is -2.40. The normalized spacial score (nSPS) is 14.3. The average Bonchev–Trinajstić information content (AvgIpc) is 3.99. The Morgan fingerprint density at radius 3 is 1.65 bits per heavy atom. The van der Waals surface area contributed by atoms with Gasteiger partial charge in [-0.2, -0.15) is 0 Å². The molecule has 2 nitrogen and oxygen atoms in total. The van der Waals surface area contributed by atoms with Crippen molar-refractivity contribution in [3.63, 3.8) is 0 Å². The van der Waals surface area contributed by atoms with Crippen LogP contribution in [0.3, 0.4) is 0 Å². The number of hydrogen-bond acceptors (Lipinski definition) is 3. The van der Waals surface area contributed by atoms with Crippen LogP contribution in [-0.4, -0.2) is 0 Å². The summed E-state index contributed by atoms with van der Waals surface area (Å²) in [6, 6.07) is 83.8. The first-order valence-electron chi connectivity index (χ1n) is 24.0. The van der Waals surface area contributed by atoms with Crippen molar-refractivity contribution in [2.24, 2.45) is 0 Å². The third kappa shape index (κ3) is 5.26. The molecule has 3 aliphatic rings. The van der Waals surface area contributed by atoms with Gasteiger partial charge < -0.3 is 9.64 Å². The maximum absolute atomic E-state index is 7.30. The number of thiophene rings is 1. The van der Waals surface area contributed by atoms with E-state index in [1.165, 1.54) is 75.8 Å². The second-order valence-corrected chi connectivity index (χ2v) is 20.6. The van der Waals surface area contributed by atoms with E-state index in [1.54, 1.807) is 0 Å². The highest BCUT2D eigenvalue weighted by molar-refractivity contribution is 7.25. The zero-order chi connectivity index (χ0) is 45.6. The van der Waals surface area contributed by atoms with E-state index in [9.17, 15) is 0 Å². The predicted molar refractivity (Wildman–Crippen MR) is 289 cm³/mol. The molecule has 3 heteroatoms. The third-order valence-corrected chi connectivity index (χ3v) is 16.9. The van der Waals surface area contributed by atoms with Gasteiger partial charge in [-0.3, -0.25) is 0 Å². The highest BCUT2D eigenvalue weighted by Crippen LogP contribution is 2.64. The molecule has 2 aliphatic carbocycles. The number of benzene rings is 11. The van der Waals surface area contributed by atoms with Gasteiger partial charge >= 0.3 is 0 Å². The maximum Gasteiger partial charge on any atom is 0.140 e. The van der Waals surface area contributed by atoms with Gasteiger partial charge in [-0.05, 0) is 103 Å². The Kier molecular flexibility index (Phi) is 7.96. The molecule has 1 aliphatic heterocycles. The minimum atomic E-state index is -0.652. The fourth-order valence-electron chi connectivity index (χ4n) is 12.6. The van der Waals surface area contributed by atoms with Gasteiger partial charge in [-0.15, -0.1) is 11.3 Å². The predicted octanol–water partition coefficient (Wildman–Crippen LogP) is 18.3. The van der Waals surface area contributed by atoms with Crippen LogP contribution in [0.1, 0.15) is 47.2 Å². The van der Waals surface area contributed by atoms with E-state index in [0.717, 1.165) is 61.2 Å². The Morgan fingerprint density at radius 2 is 0.899 bits per heavy atom. The number of rotatable bonds is 4. The van der Waals surface area contributed by atoms with Crippen LogP contribution < -0.4 is 9.64 Å². The molecule has 0 amide bonds. The van der Waals surface area contributed by atoms with Crippen LogP contribution in [0.15, 0.2) is 224 Å². The van der Waals surface area contributed by atoms with Crippen LogP contribution in [0.4, 0.5) is 17.1 Å². The molecule has 0 bridgehead atoms. The highest BCUT2D eigenvalue weighted by Gasteiger charge is 2.52. The SMILES string of the molecule is CC1(C)c2ccccc2-c2ccc(N(c3ccc4c(c3)sc3ccccc34)c3ccccc3-c3ccc4c(c3)C3(c5ccccc5-4)c4ccc5ccccc5c4Oc4c3ccc3ccccc43)cc21. The molecule has 2 heterocycles. The van der Waals surface area contributed by atoms with E-state index in [4.69, 9.17) is 4.74 Å². The summed E-state index contributed by atoms with van der Waals surface area (Å²) < 4.78 is 9.88. The molecule has 1 spiro atoms. The van der Waals surface area contributed by atoms with Crippen LogP contribution in [0.25, 0.3) is 75.1 Å². The van der Waals surface area contributed by atoms with Crippen molar-refractivity contribution in [2.45, 2.75) is 24.7 Å². The van der Waals surface area contributed by atoms with E-state index in [-0.39, 0.29) is 5.41 Å². The summed E-state index contributed by atoms with van der Waals surface area (Å²) in [5.74, 6) is 1.85. The summed E-state index contributed by atoms with van der Waals surface area (Å²) in [4.78, 5) is 2.51. The second kappa shape index (κ2) is 14.1. The summed E-state index contributed by atoms with van der Waals surface area (Å²) in [7, 11) is 0. The zero-order valence-electron chi connectivity index (χ0n) is 38.1. The van der Waals surface area contributed by atoms with Crippen molar-refractivity contribution in [3.8, 4) is 44.9 Å². The molecule has 0 radical (unpaired) electrons.